The first-order chi connectivity index (χ1) is 20.9. The van der Waals surface area contributed by atoms with Gasteiger partial charge in [0.1, 0.15) is 11.4 Å². The lowest BCUT2D eigenvalue weighted by molar-refractivity contribution is 0.0727. The van der Waals surface area contributed by atoms with Gasteiger partial charge in [0.25, 0.3) is 5.91 Å². The number of amides is 1. The van der Waals surface area contributed by atoms with Gasteiger partial charge < -0.3 is 24.1 Å². The van der Waals surface area contributed by atoms with E-state index in [-0.39, 0.29) is 11.7 Å². The summed E-state index contributed by atoms with van der Waals surface area (Å²) < 4.78 is 16.5. The summed E-state index contributed by atoms with van der Waals surface area (Å²) >= 11 is 0. The fourth-order valence-corrected chi connectivity index (χ4v) is 4.62. The Balaban J connectivity index is 1.37. The lowest BCUT2D eigenvalue weighted by Gasteiger charge is -2.12. The van der Waals surface area contributed by atoms with Crippen LogP contribution in [0.5, 0.6) is 17.2 Å². The fourth-order valence-electron chi connectivity index (χ4n) is 4.62. The Hall–Kier alpha value is -5.57. The maximum Gasteiger partial charge on any atom is 0.343 e. The number of H-pyrrole nitrogens is 1. The van der Waals surface area contributed by atoms with Gasteiger partial charge in [-0.15, -0.1) is 0 Å². The normalized spacial score (nSPS) is 11.0. The van der Waals surface area contributed by atoms with E-state index in [1.54, 1.807) is 42.5 Å². The molecule has 0 aliphatic carbocycles. The lowest BCUT2D eigenvalue weighted by Crippen LogP contribution is -2.18. The Bertz CT molecular complexity index is 1790. The molecule has 9 nitrogen and oxygen atoms in total. The number of hydrogen-bond donors (Lipinski definition) is 2. The number of hydrazone groups is 1. The Morgan fingerprint density at radius 2 is 1.74 bits per heavy atom. The van der Waals surface area contributed by atoms with Gasteiger partial charge in [0.05, 0.1) is 25.5 Å². The first kappa shape index (κ1) is 28.9. The Labute approximate surface area is 249 Å². The highest BCUT2D eigenvalue weighted by atomic mass is 16.6. The molecule has 4 aromatic carbocycles. The average Bonchev–Trinajstić information content (AvgIpc) is 3.42. The van der Waals surface area contributed by atoms with Crippen molar-refractivity contribution in [2.24, 2.45) is 5.10 Å². The summed E-state index contributed by atoms with van der Waals surface area (Å²) in [5.41, 5.74) is 7.62. The fraction of sp³-hybridized carbons (Fsp3) is 0.147. The summed E-state index contributed by atoms with van der Waals surface area (Å²) in [7, 11) is 5.49. The third-order valence-electron chi connectivity index (χ3n) is 6.74. The zero-order valence-corrected chi connectivity index (χ0v) is 24.4. The van der Waals surface area contributed by atoms with E-state index in [0.717, 1.165) is 27.7 Å². The number of methoxy groups -OCH3 is 1. The van der Waals surface area contributed by atoms with E-state index in [2.05, 4.69) is 21.6 Å². The highest BCUT2D eigenvalue weighted by Crippen LogP contribution is 2.35. The van der Waals surface area contributed by atoms with Gasteiger partial charge in [0.15, 0.2) is 11.5 Å². The molecular weight excluding hydrogens is 544 g/mol. The van der Waals surface area contributed by atoms with Crippen LogP contribution in [-0.4, -0.2) is 50.9 Å². The third-order valence-corrected chi connectivity index (χ3v) is 6.74. The summed E-state index contributed by atoms with van der Waals surface area (Å²) in [6.07, 6.45) is 1.50. The Morgan fingerprint density at radius 3 is 2.49 bits per heavy atom. The predicted octanol–water partition coefficient (Wildman–Crippen LogP) is 6.29. The molecule has 0 spiro atoms. The molecule has 1 amide bonds. The highest BCUT2D eigenvalue weighted by Gasteiger charge is 2.20. The second kappa shape index (κ2) is 12.9. The van der Waals surface area contributed by atoms with Crippen LogP contribution in [0.1, 0.15) is 33.3 Å². The molecule has 5 aromatic rings. The standard InChI is InChI=1S/C34H32N4O5/c1-5-42-30-18-22(14-17-29(30)43-34(40)24-12-9-13-26(19-24)41-4)21-35-37-33(39)32-31(23-10-7-6-8-11-23)27-20-25(38(2)3)15-16-28(27)36-32/h6-21,36H,5H2,1-4H3,(H,37,39). The summed E-state index contributed by atoms with van der Waals surface area (Å²) in [6.45, 7) is 2.19. The number of carbonyl (C=O) groups excluding carboxylic acids is 2. The predicted molar refractivity (Wildman–Crippen MR) is 169 cm³/mol. The molecule has 5 rings (SSSR count). The van der Waals surface area contributed by atoms with Crippen molar-refractivity contribution in [1.29, 1.82) is 0 Å². The van der Waals surface area contributed by atoms with Gasteiger partial charge in [-0.3, -0.25) is 4.79 Å². The van der Waals surface area contributed by atoms with Crippen LogP contribution < -0.4 is 24.5 Å². The van der Waals surface area contributed by atoms with Gasteiger partial charge in [-0.1, -0.05) is 36.4 Å². The number of hydrogen-bond acceptors (Lipinski definition) is 7. The molecule has 9 heteroatoms. The number of benzene rings is 4. The van der Waals surface area contributed by atoms with Crippen LogP contribution >= 0.6 is 0 Å². The largest absolute Gasteiger partial charge is 0.497 e. The number of aromatic nitrogens is 1. The molecule has 0 aliphatic rings. The summed E-state index contributed by atoms with van der Waals surface area (Å²) in [5.74, 6) is 0.256. The first-order valence-corrected chi connectivity index (χ1v) is 13.7. The van der Waals surface area contributed by atoms with Gasteiger partial charge in [0.2, 0.25) is 0 Å². The van der Waals surface area contributed by atoms with Gasteiger partial charge in [-0.05, 0) is 72.6 Å². The van der Waals surface area contributed by atoms with E-state index in [1.807, 2.05) is 68.4 Å². The van der Waals surface area contributed by atoms with Gasteiger partial charge in [-0.25, -0.2) is 10.2 Å². The van der Waals surface area contributed by atoms with Gasteiger partial charge in [-0.2, -0.15) is 5.10 Å². The summed E-state index contributed by atoms with van der Waals surface area (Å²) in [5, 5.41) is 5.13. The van der Waals surface area contributed by atoms with Gasteiger partial charge in [0, 0.05) is 36.2 Å². The zero-order valence-electron chi connectivity index (χ0n) is 24.4. The van der Waals surface area contributed by atoms with Crippen LogP contribution in [0.4, 0.5) is 5.69 Å². The van der Waals surface area contributed by atoms with E-state index in [4.69, 9.17) is 14.2 Å². The zero-order chi connectivity index (χ0) is 30.3. The maximum atomic E-state index is 13.4. The molecule has 0 saturated carbocycles. The van der Waals surface area contributed by atoms with E-state index >= 15 is 0 Å². The maximum absolute atomic E-state index is 13.4. The molecule has 1 aromatic heterocycles. The summed E-state index contributed by atoms with van der Waals surface area (Å²) in [6, 6.07) is 27.5. The molecule has 1 heterocycles. The minimum atomic E-state index is -0.543. The van der Waals surface area contributed by atoms with Crippen LogP contribution in [0, 0.1) is 0 Å². The number of fused-ring (bicyclic) bond motifs is 1. The van der Waals surface area contributed by atoms with E-state index in [1.165, 1.54) is 13.3 Å². The van der Waals surface area contributed by atoms with E-state index < -0.39 is 5.97 Å². The van der Waals surface area contributed by atoms with Gasteiger partial charge >= 0.3 is 5.97 Å². The third kappa shape index (κ3) is 6.51. The summed E-state index contributed by atoms with van der Waals surface area (Å²) in [4.78, 5) is 31.4. The van der Waals surface area contributed by atoms with Crippen LogP contribution in [0.2, 0.25) is 0 Å². The number of ether oxygens (including phenoxy) is 3. The quantitative estimate of drug-likeness (QED) is 0.0876. The number of carbonyl (C=O) groups is 2. The van der Waals surface area contributed by atoms with Crippen molar-refractivity contribution < 1.29 is 23.8 Å². The highest BCUT2D eigenvalue weighted by molar-refractivity contribution is 6.10. The second-order valence-electron chi connectivity index (χ2n) is 9.83. The Kier molecular flexibility index (Phi) is 8.71. The topological polar surface area (TPSA) is 105 Å². The number of nitrogens with one attached hydrogen (secondary N) is 2. The Morgan fingerprint density at radius 1 is 0.930 bits per heavy atom. The molecule has 0 unspecified atom stereocenters. The van der Waals surface area contributed by atoms with Crippen molar-refractivity contribution in [2.75, 3.05) is 32.7 Å². The van der Waals surface area contributed by atoms with Crippen molar-refractivity contribution in [1.82, 2.24) is 10.4 Å². The minimum Gasteiger partial charge on any atom is -0.497 e. The number of aromatic amines is 1. The number of nitrogens with zero attached hydrogens (tertiary/aromatic N) is 2. The van der Waals surface area contributed by atoms with Crippen molar-refractivity contribution in [3.05, 3.63) is 108 Å². The first-order valence-electron chi connectivity index (χ1n) is 13.7. The van der Waals surface area contributed by atoms with Crippen LogP contribution in [0.25, 0.3) is 22.0 Å². The number of anilines is 1. The molecule has 0 atom stereocenters. The molecule has 0 aliphatic heterocycles. The SMILES string of the molecule is CCOc1cc(C=NNC(=O)c2[nH]c3ccc(N(C)C)cc3c2-c2ccccc2)ccc1OC(=O)c1cccc(OC)c1. The van der Waals surface area contributed by atoms with Crippen LogP contribution in [-0.2, 0) is 0 Å². The number of esters is 1. The van der Waals surface area contributed by atoms with Crippen molar-refractivity contribution in [2.45, 2.75) is 6.92 Å². The smallest absolute Gasteiger partial charge is 0.343 e. The molecule has 0 saturated heterocycles. The molecular formula is C34H32N4O5. The average molecular weight is 577 g/mol. The monoisotopic (exact) mass is 576 g/mol. The molecule has 0 fully saturated rings. The van der Waals surface area contributed by atoms with Crippen LogP contribution in [0.15, 0.2) is 96.1 Å². The minimum absolute atomic E-state index is 0.263. The molecule has 2 N–H and O–H groups in total. The van der Waals surface area contributed by atoms with Crippen molar-refractivity contribution >= 4 is 34.7 Å². The molecule has 43 heavy (non-hydrogen) atoms. The van der Waals surface area contributed by atoms with E-state index in [9.17, 15) is 9.59 Å². The van der Waals surface area contributed by atoms with E-state index in [0.29, 0.717) is 34.9 Å². The second-order valence-corrected chi connectivity index (χ2v) is 9.83. The van der Waals surface area contributed by atoms with Crippen LogP contribution in [0.3, 0.4) is 0 Å². The number of rotatable bonds is 10. The van der Waals surface area contributed by atoms with Crippen molar-refractivity contribution in [3.8, 4) is 28.4 Å². The molecule has 218 valence electrons. The lowest BCUT2D eigenvalue weighted by atomic mass is 10.0. The van der Waals surface area contributed by atoms with Crippen molar-refractivity contribution in [3.63, 3.8) is 0 Å². The molecule has 0 radical (unpaired) electrons. The molecule has 0 bridgehead atoms.